The SMILES string of the molecule is CCNC(=O)C(C)NC(=O)NC1(C(=O)O)CCOCC1. The summed E-state index contributed by atoms with van der Waals surface area (Å²) in [5.41, 5.74) is -1.33. The molecule has 0 aromatic carbocycles. The number of hydrogen-bond donors (Lipinski definition) is 4. The van der Waals surface area contributed by atoms with Crippen molar-refractivity contribution < 1.29 is 24.2 Å². The number of nitrogens with one attached hydrogen (secondary N) is 3. The standard InChI is InChI=1S/C12H21N3O5/c1-3-13-9(16)8(2)14-11(19)15-12(10(17)18)4-6-20-7-5-12/h8H,3-7H2,1-2H3,(H,13,16)(H,17,18)(H2,14,15,19). The summed E-state index contributed by atoms with van der Waals surface area (Å²) < 4.78 is 5.11. The fourth-order valence-electron chi connectivity index (χ4n) is 1.96. The number of rotatable bonds is 5. The molecule has 20 heavy (non-hydrogen) atoms. The van der Waals surface area contributed by atoms with E-state index in [9.17, 15) is 19.5 Å². The highest BCUT2D eigenvalue weighted by Crippen LogP contribution is 2.20. The largest absolute Gasteiger partial charge is 0.480 e. The third-order valence-electron chi connectivity index (χ3n) is 3.20. The summed E-state index contributed by atoms with van der Waals surface area (Å²) in [5, 5.41) is 16.7. The molecular weight excluding hydrogens is 266 g/mol. The lowest BCUT2D eigenvalue weighted by atomic mass is 9.90. The van der Waals surface area contributed by atoms with Gasteiger partial charge >= 0.3 is 12.0 Å². The Morgan fingerprint density at radius 2 is 1.90 bits per heavy atom. The minimum absolute atomic E-state index is 0.200. The van der Waals surface area contributed by atoms with Crippen LogP contribution in [0.3, 0.4) is 0 Å². The van der Waals surface area contributed by atoms with E-state index in [4.69, 9.17) is 4.74 Å². The average Bonchev–Trinajstić information content (AvgIpc) is 2.39. The number of carbonyl (C=O) groups excluding carboxylic acids is 2. The van der Waals surface area contributed by atoms with Gasteiger partial charge in [0.15, 0.2) is 0 Å². The molecule has 1 rings (SSSR count). The molecule has 8 nitrogen and oxygen atoms in total. The Bertz CT molecular complexity index is 379. The van der Waals surface area contributed by atoms with Crippen LogP contribution in [0.5, 0.6) is 0 Å². The van der Waals surface area contributed by atoms with Gasteiger partial charge in [0.1, 0.15) is 11.6 Å². The summed E-state index contributed by atoms with van der Waals surface area (Å²) in [4.78, 5) is 34.7. The van der Waals surface area contributed by atoms with Crippen molar-refractivity contribution in [3.63, 3.8) is 0 Å². The maximum absolute atomic E-state index is 11.8. The Kier molecular flexibility index (Phi) is 5.75. The topological polar surface area (TPSA) is 117 Å². The molecule has 3 amide bonds. The van der Waals surface area contributed by atoms with Crippen LogP contribution < -0.4 is 16.0 Å². The lowest BCUT2D eigenvalue weighted by molar-refractivity contribution is -0.148. The molecule has 0 spiro atoms. The summed E-state index contributed by atoms with van der Waals surface area (Å²) in [6.07, 6.45) is 0.399. The number of aliphatic carboxylic acids is 1. The van der Waals surface area contributed by atoms with Crippen molar-refractivity contribution in [2.24, 2.45) is 0 Å². The quantitative estimate of drug-likeness (QED) is 0.541. The Labute approximate surface area is 117 Å². The van der Waals surface area contributed by atoms with E-state index in [0.29, 0.717) is 6.54 Å². The van der Waals surface area contributed by atoms with Gasteiger partial charge in [-0.25, -0.2) is 9.59 Å². The molecule has 114 valence electrons. The van der Waals surface area contributed by atoms with E-state index >= 15 is 0 Å². The van der Waals surface area contributed by atoms with Gasteiger partial charge in [-0.1, -0.05) is 0 Å². The van der Waals surface area contributed by atoms with Crippen molar-refractivity contribution in [2.45, 2.75) is 38.3 Å². The molecular formula is C12H21N3O5. The molecule has 8 heteroatoms. The summed E-state index contributed by atoms with van der Waals surface area (Å²) in [6.45, 7) is 4.31. The van der Waals surface area contributed by atoms with E-state index in [0.717, 1.165) is 0 Å². The smallest absolute Gasteiger partial charge is 0.329 e. The Morgan fingerprint density at radius 3 is 2.40 bits per heavy atom. The van der Waals surface area contributed by atoms with Crippen LogP contribution in [0, 0.1) is 0 Å². The molecule has 0 aromatic heterocycles. The van der Waals surface area contributed by atoms with Gasteiger partial charge in [-0.2, -0.15) is 0 Å². The fraction of sp³-hybridized carbons (Fsp3) is 0.750. The molecule has 1 aliphatic heterocycles. The lowest BCUT2D eigenvalue weighted by Crippen LogP contribution is -2.61. The summed E-state index contributed by atoms with van der Waals surface area (Å²) in [5.74, 6) is -1.42. The number of likely N-dealkylation sites (N-methyl/N-ethyl adjacent to an activating group) is 1. The van der Waals surface area contributed by atoms with Crippen molar-refractivity contribution in [1.29, 1.82) is 0 Å². The van der Waals surface area contributed by atoms with Crippen molar-refractivity contribution in [1.82, 2.24) is 16.0 Å². The first kappa shape index (κ1) is 16.2. The number of carboxylic acid groups (broad SMARTS) is 1. The Morgan fingerprint density at radius 1 is 1.30 bits per heavy atom. The Hall–Kier alpha value is -1.83. The molecule has 0 bridgehead atoms. The van der Waals surface area contributed by atoms with Gasteiger partial charge in [-0.3, -0.25) is 4.79 Å². The highest BCUT2D eigenvalue weighted by Gasteiger charge is 2.41. The van der Waals surface area contributed by atoms with Crippen LogP contribution in [-0.4, -0.2) is 54.4 Å². The summed E-state index contributed by atoms with van der Waals surface area (Å²) in [6, 6.07) is -1.41. The first-order valence-electron chi connectivity index (χ1n) is 6.59. The molecule has 0 aliphatic carbocycles. The minimum atomic E-state index is -1.33. The second-order valence-electron chi connectivity index (χ2n) is 4.71. The van der Waals surface area contributed by atoms with E-state index in [1.807, 2.05) is 0 Å². The van der Waals surface area contributed by atoms with E-state index in [1.165, 1.54) is 6.92 Å². The molecule has 0 saturated carbocycles. The molecule has 1 fully saturated rings. The zero-order valence-electron chi connectivity index (χ0n) is 11.7. The summed E-state index contributed by atoms with van der Waals surface area (Å²) in [7, 11) is 0. The van der Waals surface area contributed by atoms with Gasteiger partial charge in [0.25, 0.3) is 0 Å². The van der Waals surface area contributed by atoms with E-state index in [2.05, 4.69) is 16.0 Å². The van der Waals surface area contributed by atoms with Crippen LogP contribution in [0.15, 0.2) is 0 Å². The van der Waals surface area contributed by atoms with Crippen LogP contribution in [0.25, 0.3) is 0 Å². The molecule has 1 saturated heterocycles. The third kappa shape index (κ3) is 4.09. The second-order valence-corrected chi connectivity index (χ2v) is 4.71. The van der Waals surface area contributed by atoms with Crippen LogP contribution in [0.4, 0.5) is 4.79 Å². The molecule has 4 N–H and O–H groups in total. The molecule has 1 unspecified atom stereocenters. The predicted molar refractivity (Wildman–Crippen MR) is 70.2 cm³/mol. The zero-order chi connectivity index (χ0) is 15.2. The number of ether oxygens (including phenoxy) is 1. The number of urea groups is 1. The van der Waals surface area contributed by atoms with Crippen molar-refractivity contribution in [3.8, 4) is 0 Å². The number of carbonyl (C=O) groups is 3. The van der Waals surface area contributed by atoms with Crippen LogP contribution >= 0.6 is 0 Å². The molecule has 0 radical (unpaired) electrons. The van der Waals surface area contributed by atoms with Gasteiger partial charge in [-0.15, -0.1) is 0 Å². The number of hydrogen-bond acceptors (Lipinski definition) is 4. The van der Waals surface area contributed by atoms with E-state index in [-0.39, 0.29) is 32.0 Å². The van der Waals surface area contributed by atoms with Crippen molar-refractivity contribution in [2.75, 3.05) is 19.8 Å². The average molecular weight is 287 g/mol. The Balaban J connectivity index is 2.59. The second kappa shape index (κ2) is 7.09. The van der Waals surface area contributed by atoms with Crippen LogP contribution in [0.2, 0.25) is 0 Å². The maximum atomic E-state index is 11.8. The normalized spacial score (nSPS) is 18.7. The number of amides is 3. The lowest BCUT2D eigenvalue weighted by Gasteiger charge is -2.34. The monoisotopic (exact) mass is 287 g/mol. The molecule has 1 aliphatic rings. The van der Waals surface area contributed by atoms with Crippen molar-refractivity contribution >= 4 is 17.9 Å². The molecule has 1 heterocycles. The van der Waals surface area contributed by atoms with Gasteiger partial charge in [0, 0.05) is 32.6 Å². The first-order valence-corrected chi connectivity index (χ1v) is 6.59. The maximum Gasteiger partial charge on any atom is 0.329 e. The van der Waals surface area contributed by atoms with Crippen LogP contribution in [-0.2, 0) is 14.3 Å². The van der Waals surface area contributed by atoms with E-state index < -0.39 is 23.6 Å². The summed E-state index contributed by atoms with van der Waals surface area (Å²) >= 11 is 0. The molecule has 0 aromatic rings. The predicted octanol–water partition coefficient (Wildman–Crippen LogP) is -0.556. The van der Waals surface area contributed by atoms with Gasteiger partial charge < -0.3 is 25.8 Å². The third-order valence-corrected chi connectivity index (χ3v) is 3.20. The van der Waals surface area contributed by atoms with Gasteiger partial charge in [-0.05, 0) is 13.8 Å². The number of carboxylic acids is 1. The molecule has 1 atom stereocenters. The highest BCUT2D eigenvalue weighted by atomic mass is 16.5. The fourth-order valence-corrected chi connectivity index (χ4v) is 1.96. The van der Waals surface area contributed by atoms with Crippen LogP contribution in [0.1, 0.15) is 26.7 Å². The van der Waals surface area contributed by atoms with Crippen molar-refractivity contribution in [3.05, 3.63) is 0 Å². The van der Waals surface area contributed by atoms with E-state index in [1.54, 1.807) is 6.92 Å². The first-order chi connectivity index (χ1) is 9.41. The zero-order valence-corrected chi connectivity index (χ0v) is 11.7. The highest BCUT2D eigenvalue weighted by molar-refractivity contribution is 5.90. The van der Waals surface area contributed by atoms with Gasteiger partial charge in [0.2, 0.25) is 5.91 Å². The van der Waals surface area contributed by atoms with Gasteiger partial charge in [0.05, 0.1) is 0 Å². The minimum Gasteiger partial charge on any atom is -0.480 e.